The van der Waals surface area contributed by atoms with Crippen molar-refractivity contribution in [2.24, 2.45) is 23.0 Å². The first-order valence-electron chi connectivity index (χ1n) is 7.04. The average molecular weight is 256 g/mol. The van der Waals surface area contributed by atoms with Crippen molar-refractivity contribution >= 4 is 11.8 Å². The standard InChI is InChI=1S/C14H28N2S/c1-14(2,3)12-4-6-16(9-12)13(8-15)11-5-7-17-10-11/h11-13H,4-10,15H2,1-3H3. The minimum absolute atomic E-state index is 0.457. The number of nitrogens with two attached hydrogens (primary N) is 1. The van der Waals surface area contributed by atoms with Crippen LogP contribution in [0, 0.1) is 17.3 Å². The maximum Gasteiger partial charge on any atom is 0.0254 e. The minimum Gasteiger partial charge on any atom is -0.329 e. The molecule has 0 aliphatic carbocycles. The zero-order valence-corrected chi connectivity index (χ0v) is 12.4. The molecular weight excluding hydrogens is 228 g/mol. The van der Waals surface area contributed by atoms with Gasteiger partial charge in [-0.2, -0.15) is 11.8 Å². The van der Waals surface area contributed by atoms with Gasteiger partial charge in [0.15, 0.2) is 0 Å². The van der Waals surface area contributed by atoms with E-state index in [-0.39, 0.29) is 0 Å². The predicted octanol–water partition coefficient (Wildman–Crippen LogP) is 2.43. The molecular formula is C14H28N2S. The van der Waals surface area contributed by atoms with Crippen LogP contribution < -0.4 is 5.73 Å². The molecule has 0 amide bonds. The molecule has 0 saturated carbocycles. The molecule has 3 atom stereocenters. The van der Waals surface area contributed by atoms with E-state index in [4.69, 9.17) is 5.73 Å². The lowest BCUT2D eigenvalue weighted by Gasteiger charge is -2.33. The van der Waals surface area contributed by atoms with Crippen LogP contribution in [0.2, 0.25) is 0 Å². The van der Waals surface area contributed by atoms with Crippen molar-refractivity contribution in [3.05, 3.63) is 0 Å². The zero-order chi connectivity index (χ0) is 12.5. The summed E-state index contributed by atoms with van der Waals surface area (Å²) in [5.74, 6) is 4.38. The molecule has 2 heterocycles. The number of likely N-dealkylation sites (tertiary alicyclic amines) is 1. The van der Waals surface area contributed by atoms with Crippen molar-refractivity contribution in [2.75, 3.05) is 31.1 Å². The molecule has 3 heteroatoms. The number of nitrogens with zero attached hydrogens (tertiary/aromatic N) is 1. The van der Waals surface area contributed by atoms with Crippen LogP contribution in [0.25, 0.3) is 0 Å². The Morgan fingerprint density at radius 2 is 2.12 bits per heavy atom. The van der Waals surface area contributed by atoms with E-state index in [1.165, 1.54) is 37.4 Å². The lowest BCUT2D eigenvalue weighted by molar-refractivity contribution is 0.163. The van der Waals surface area contributed by atoms with Crippen LogP contribution >= 0.6 is 11.8 Å². The monoisotopic (exact) mass is 256 g/mol. The van der Waals surface area contributed by atoms with Gasteiger partial charge in [0.05, 0.1) is 0 Å². The molecule has 2 nitrogen and oxygen atoms in total. The summed E-state index contributed by atoms with van der Waals surface area (Å²) in [5, 5.41) is 0. The third-order valence-corrected chi connectivity index (χ3v) is 5.85. The van der Waals surface area contributed by atoms with Crippen LogP contribution in [0.15, 0.2) is 0 Å². The molecule has 0 bridgehead atoms. The first-order valence-corrected chi connectivity index (χ1v) is 8.19. The van der Waals surface area contributed by atoms with E-state index in [9.17, 15) is 0 Å². The van der Waals surface area contributed by atoms with Gasteiger partial charge in [0.2, 0.25) is 0 Å². The highest BCUT2D eigenvalue weighted by Gasteiger charge is 2.37. The second-order valence-electron chi connectivity index (χ2n) is 6.77. The van der Waals surface area contributed by atoms with E-state index in [0.29, 0.717) is 11.5 Å². The van der Waals surface area contributed by atoms with Crippen LogP contribution in [0.5, 0.6) is 0 Å². The summed E-state index contributed by atoms with van der Waals surface area (Å²) in [6.45, 7) is 10.5. The highest BCUT2D eigenvalue weighted by atomic mass is 32.2. The first kappa shape index (κ1) is 13.7. The van der Waals surface area contributed by atoms with Crippen molar-refractivity contribution in [2.45, 2.75) is 39.7 Å². The van der Waals surface area contributed by atoms with Crippen LogP contribution in [-0.2, 0) is 0 Å². The smallest absolute Gasteiger partial charge is 0.0254 e. The van der Waals surface area contributed by atoms with E-state index in [1.807, 2.05) is 0 Å². The van der Waals surface area contributed by atoms with Gasteiger partial charge in [-0.15, -0.1) is 0 Å². The van der Waals surface area contributed by atoms with Crippen LogP contribution in [0.1, 0.15) is 33.6 Å². The van der Waals surface area contributed by atoms with Crippen molar-refractivity contribution in [1.29, 1.82) is 0 Å². The molecule has 0 aromatic heterocycles. The van der Waals surface area contributed by atoms with Crippen LogP contribution in [0.3, 0.4) is 0 Å². The maximum atomic E-state index is 6.04. The Labute approximate surface area is 111 Å². The normalized spacial score (nSPS) is 33.2. The summed E-state index contributed by atoms with van der Waals surface area (Å²) in [6.07, 6.45) is 2.74. The molecule has 0 aromatic carbocycles. The van der Waals surface area contributed by atoms with E-state index in [0.717, 1.165) is 18.4 Å². The topological polar surface area (TPSA) is 29.3 Å². The third-order valence-electron chi connectivity index (χ3n) is 4.66. The lowest BCUT2D eigenvalue weighted by Crippen LogP contribution is -2.45. The summed E-state index contributed by atoms with van der Waals surface area (Å²) in [4.78, 5) is 2.69. The van der Waals surface area contributed by atoms with Crippen LogP contribution in [-0.4, -0.2) is 42.1 Å². The number of hydrogen-bond donors (Lipinski definition) is 1. The molecule has 2 aliphatic rings. The fraction of sp³-hybridized carbons (Fsp3) is 1.00. The van der Waals surface area contributed by atoms with Gasteiger partial charge in [-0.1, -0.05) is 20.8 Å². The van der Waals surface area contributed by atoms with E-state index >= 15 is 0 Å². The van der Waals surface area contributed by atoms with Gasteiger partial charge in [-0.3, -0.25) is 4.90 Å². The zero-order valence-electron chi connectivity index (χ0n) is 11.6. The Kier molecular flexibility index (Phi) is 4.43. The fourth-order valence-electron chi connectivity index (χ4n) is 3.29. The molecule has 2 rings (SSSR count). The second-order valence-corrected chi connectivity index (χ2v) is 7.92. The molecule has 0 radical (unpaired) electrons. The van der Waals surface area contributed by atoms with Crippen molar-refractivity contribution in [3.63, 3.8) is 0 Å². The lowest BCUT2D eigenvalue weighted by atomic mass is 9.80. The Bertz CT molecular complexity index is 243. The molecule has 0 aromatic rings. The van der Waals surface area contributed by atoms with Gasteiger partial charge in [-0.05, 0) is 48.1 Å². The predicted molar refractivity (Wildman–Crippen MR) is 77.4 cm³/mol. The number of rotatable bonds is 3. The van der Waals surface area contributed by atoms with Gasteiger partial charge in [-0.25, -0.2) is 0 Å². The van der Waals surface area contributed by atoms with E-state index in [2.05, 4.69) is 37.4 Å². The Morgan fingerprint density at radius 3 is 2.59 bits per heavy atom. The van der Waals surface area contributed by atoms with E-state index < -0.39 is 0 Å². The molecule has 2 saturated heterocycles. The highest BCUT2D eigenvalue weighted by Crippen LogP contribution is 2.37. The Morgan fingerprint density at radius 1 is 1.35 bits per heavy atom. The average Bonchev–Trinajstić information content (AvgIpc) is 2.87. The van der Waals surface area contributed by atoms with Crippen molar-refractivity contribution < 1.29 is 0 Å². The molecule has 0 spiro atoms. The minimum atomic E-state index is 0.457. The fourth-order valence-corrected chi connectivity index (χ4v) is 4.62. The summed E-state index contributed by atoms with van der Waals surface area (Å²) < 4.78 is 0. The largest absolute Gasteiger partial charge is 0.329 e. The quantitative estimate of drug-likeness (QED) is 0.841. The molecule has 2 fully saturated rings. The number of hydrogen-bond acceptors (Lipinski definition) is 3. The maximum absolute atomic E-state index is 6.04. The van der Waals surface area contributed by atoms with Gasteiger partial charge >= 0.3 is 0 Å². The van der Waals surface area contributed by atoms with Gasteiger partial charge < -0.3 is 5.73 Å². The Hall–Kier alpha value is 0.270. The second kappa shape index (κ2) is 5.50. The molecule has 100 valence electrons. The first-order chi connectivity index (χ1) is 8.02. The SMILES string of the molecule is CC(C)(C)C1CCN(C(CN)C2CCSC2)C1. The molecule has 3 unspecified atom stereocenters. The summed E-state index contributed by atoms with van der Waals surface area (Å²) in [6, 6.07) is 0.650. The molecule has 2 N–H and O–H groups in total. The van der Waals surface area contributed by atoms with Gasteiger partial charge in [0.25, 0.3) is 0 Å². The van der Waals surface area contributed by atoms with Crippen molar-refractivity contribution in [1.82, 2.24) is 4.90 Å². The molecule has 2 aliphatic heterocycles. The van der Waals surface area contributed by atoms with Gasteiger partial charge in [0, 0.05) is 19.1 Å². The van der Waals surface area contributed by atoms with Gasteiger partial charge in [0.1, 0.15) is 0 Å². The Balaban J connectivity index is 1.93. The highest BCUT2D eigenvalue weighted by molar-refractivity contribution is 7.99. The van der Waals surface area contributed by atoms with E-state index in [1.54, 1.807) is 0 Å². The number of thioether (sulfide) groups is 1. The summed E-state index contributed by atoms with van der Waals surface area (Å²) >= 11 is 2.11. The summed E-state index contributed by atoms with van der Waals surface area (Å²) in [7, 11) is 0. The summed E-state index contributed by atoms with van der Waals surface area (Å²) in [5.41, 5.74) is 6.49. The van der Waals surface area contributed by atoms with Crippen molar-refractivity contribution in [3.8, 4) is 0 Å². The van der Waals surface area contributed by atoms with Crippen LogP contribution in [0.4, 0.5) is 0 Å². The molecule has 17 heavy (non-hydrogen) atoms. The third kappa shape index (κ3) is 3.18.